The van der Waals surface area contributed by atoms with Gasteiger partial charge in [-0.2, -0.15) is 5.26 Å². The monoisotopic (exact) mass is 533 g/mol. The van der Waals surface area contributed by atoms with Crippen molar-refractivity contribution in [1.82, 2.24) is 0 Å². The number of ether oxygens (including phenoxy) is 2. The van der Waals surface area contributed by atoms with Gasteiger partial charge in [0.2, 0.25) is 0 Å². The Labute approximate surface area is 212 Å². The first-order valence-electron chi connectivity index (χ1n) is 10.8. The van der Waals surface area contributed by atoms with E-state index in [-0.39, 0.29) is 18.1 Å². The highest BCUT2D eigenvalue weighted by Crippen LogP contribution is 2.37. The number of hydrogen-bond donors (Lipinski definition) is 2. The maximum absolute atomic E-state index is 12.7. The van der Waals surface area contributed by atoms with Crippen LogP contribution in [0.2, 0.25) is 0 Å². The second-order valence-electron chi connectivity index (χ2n) is 7.40. The molecule has 0 radical (unpaired) electrons. The number of hydrogen-bond acceptors (Lipinski definition) is 5. The van der Waals surface area contributed by atoms with Gasteiger partial charge in [0, 0.05) is 11.4 Å². The van der Waals surface area contributed by atoms with Crippen molar-refractivity contribution in [2.24, 2.45) is 0 Å². The van der Waals surface area contributed by atoms with E-state index >= 15 is 0 Å². The van der Waals surface area contributed by atoms with E-state index in [9.17, 15) is 14.9 Å². The summed E-state index contributed by atoms with van der Waals surface area (Å²) in [6, 6.07) is 21.7. The van der Waals surface area contributed by atoms with E-state index in [0.29, 0.717) is 39.5 Å². The van der Waals surface area contributed by atoms with Gasteiger partial charge in [-0.25, -0.2) is 0 Å². The number of nitrogens with one attached hydrogen (secondary N) is 2. The zero-order chi connectivity index (χ0) is 25.2. The van der Waals surface area contributed by atoms with Gasteiger partial charge in [0.25, 0.3) is 11.8 Å². The largest absolute Gasteiger partial charge is 0.490 e. The Balaban J connectivity index is 1.78. The third-order valence-electron chi connectivity index (χ3n) is 4.81. The molecule has 3 aromatic carbocycles. The van der Waals surface area contributed by atoms with Crippen LogP contribution < -0.4 is 20.1 Å². The Hall–Kier alpha value is -4.09. The minimum absolute atomic E-state index is 0.0708. The zero-order valence-corrected chi connectivity index (χ0v) is 20.9. The molecule has 3 aromatic rings. The molecular formula is C27H24BrN3O4. The summed E-state index contributed by atoms with van der Waals surface area (Å²) in [6.07, 6.45) is 1.47. The number of para-hydroxylation sites is 2. The van der Waals surface area contributed by atoms with Crippen LogP contribution >= 0.6 is 15.9 Å². The fraction of sp³-hybridized carbons (Fsp3) is 0.148. The first kappa shape index (κ1) is 25.5. The van der Waals surface area contributed by atoms with E-state index in [1.54, 1.807) is 30.3 Å². The fourth-order valence-electron chi connectivity index (χ4n) is 3.15. The van der Waals surface area contributed by atoms with Gasteiger partial charge < -0.3 is 20.1 Å². The Morgan fingerprint density at radius 3 is 2.43 bits per heavy atom. The summed E-state index contributed by atoms with van der Waals surface area (Å²) < 4.78 is 11.9. The summed E-state index contributed by atoms with van der Waals surface area (Å²) >= 11 is 3.45. The number of halogens is 1. The van der Waals surface area contributed by atoms with Gasteiger partial charge in [0.1, 0.15) is 11.6 Å². The molecule has 0 aliphatic rings. The van der Waals surface area contributed by atoms with Crippen molar-refractivity contribution in [3.05, 3.63) is 87.9 Å². The first-order chi connectivity index (χ1) is 16.9. The van der Waals surface area contributed by atoms with Crippen molar-refractivity contribution in [2.75, 3.05) is 23.8 Å². The van der Waals surface area contributed by atoms with E-state index in [1.165, 1.54) is 6.08 Å². The van der Waals surface area contributed by atoms with Crippen molar-refractivity contribution < 1.29 is 19.1 Å². The minimum atomic E-state index is -0.520. The Bertz CT molecular complexity index is 1280. The van der Waals surface area contributed by atoms with Crippen LogP contribution in [0.1, 0.15) is 18.1 Å². The molecule has 0 saturated heterocycles. The van der Waals surface area contributed by atoms with Crippen molar-refractivity contribution in [3.63, 3.8) is 0 Å². The molecule has 2 N–H and O–H groups in total. The van der Waals surface area contributed by atoms with Crippen LogP contribution in [0.4, 0.5) is 11.4 Å². The number of carbonyl (C=O) groups excluding carboxylic acids is 2. The number of aryl methyl sites for hydroxylation is 1. The minimum Gasteiger partial charge on any atom is -0.490 e. The highest BCUT2D eigenvalue weighted by atomic mass is 79.9. The summed E-state index contributed by atoms with van der Waals surface area (Å²) in [6.45, 7) is 3.81. The smallest absolute Gasteiger partial charge is 0.266 e. The molecule has 0 atom stereocenters. The Kier molecular flexibility index (Phi) is 9.04. The third-order valence-corrected chi connectivity index (χ3v) is 5.40. The lowest BCUT2D eigenvalue weighted by Gasteiger charge is -2.15. The topological polar surface area (TPSA) is 100 Å². The molecule has 0 fully saturated rings. The summed E-state index contributed by atoms with van der Waals surface area (Å²) in [5.74, 6) is -0.129. The quantitative estimate of drug-likeness (QED) is 0.270. The Morgan fingerprint density at radius 1 is 1.03 bits per heavy atom. The van der Waals surface area contributed by atoms with Crippen molar-refractivity contribution in [2.45, 2.75) is 13.8 Å². The predicted molar refractivity (Wildman–Crippen MR) is 139 cm³/mol. The molecule has 8 heteroatoms. The van der Waals surface area contributed by atoms with E-state index in [0.717, 1.165) is 5.56 Å². The lowest BCUT2D eigenvalue weighted by molar-refractivity contribution is -0.118. The Morgan fingerprint density at radius 2 is 1.74 bits per heavy atom. The van der Waals surface area contributed by atoms with Gasteiger partial charge in [0.05, 0.1) is 11.1 Å². The number of carbonyl (C=O) groups is 2. The molecule has 7 nitrogen and oxygen atoms in total. The van der Waals surface area contributed by atoms with E-state index in [4.69, 9.17) is 9.47 Å². The van der Waals surface area contributed by atoms with E-state index in [2.05, 4.69) is 26.6 Å². The summed E-state index contributed by atoms with van der Waals surface area (Å²) in [5.41, 5.74) is 2.67. The van der Waals surface area contributed by atoms with Gasteiger partial charge >= 0.3 is 0 Å². The van der Waals surface area contributed by atoms with Crippen molar-refractivity contribution >= 4 is 45.2 Å². The van der Waals surface area contributed by atoms with E-state index in [1.807, 2.05) is 56.3 Å². The molecule has 0 aliphatic heterocycles. The summed E-state index contributed by atoms with van der Waals surface area (Å²) in [7, 11) is 0. The molecule has 0 heterocycles. The average molecular weight is 534 g/mol. The number of anilines is 2. The molecule has 35 heavy (non-hydrogen) atoms. The van der Waals surface area contributed by atoms with Gasteiger partial charge in [-0.15, -0.1) is 0 Å². The fourth-order valence-corrected chi connectivity index (χ4v) is 3.72. The van der Waals surface area contributed by atoms with Crippen molar-refractivity contribution in [1.29, 1.82) is 5.26 Å². The average Bonchev–Trinajstić information content (AvgIpc) is 2.84. The van der Waals surface area contributed by atoms with E-state index < -0.39 is 5.91 Å². The SMILES string of the molecule is CCOc1cc(/C=C(\C#N)C(=O)Nc2ccccc2C)cc(Br)c1OCC(=O)Nc1ccccc1. The maximum Gasteiger partial charge on any atom is 0.266 e. The number of rotatable bonds is 9. The number of nitrogens with zero attached hydrogens (tertiary/aromatic N) is 1. The molecule has 0 unspecified atom stereocenters. The molecule has 0 bridgehead atoms. The van der Waals surface area contributed by atoms with Crippen LogP contribution in [0.3, 0.4) is 0 Å². The molecule has 0 saturated carbocycles. The molecule has 3 rings (SSSR count). The van der Waals surface area contributed by atoms with Gasteiger partial charge in [0.15, 0.2) is 18.1 Å². The lowest BCUT2D eigenvalue weighted by atomic mass is 10.1. The molecule has 178 valence electrons. The molecule has 0 aliphatic carbocycles. The van der Waals surface area contributed by atoms with Gasteiger partial charge in [-0.1, -0.05) is 36.4 Å². The summed E-state index contributed by atoms with van der Waals surface area (Å²) in [4.78, 5) is 25.0. The van der Waals surface area contributed by atoms with Crippen LogP contribution in [0, 0.1) is 18.3 Å². The number of amides is 2. The zero-order valence-electron chi connectivity index (χ0n) is 19.3. The maximum atomic E-state index is 12.7. The standard InChI is InChI=1S/C27H24BrN3O4/c1-3-34-24-15-19(13-20(16-29)27(33)31-23-12-8-7-9-18(23)2)14-22(28)26(24)35-17-25(32)30-21-10-5-4-6-11-21/h4-15H,3,17H2,1-2H3,(H,30,32)(H,31,33)/b20-13+. The second-order valence-corrected chi connectivity index (χ2v) is 8.26. The highest BCUT2D eigenvalue weighted by molar-refractivity contribution is 9.10. The normalized spacial score (nSPS) is 10.7. The second kappa shape index (κ2) is 12.4. The highest BCUT2D eigenvalue weighted by Gasteiger charge is 2.16. The summed E-state index contributed by atoms with van der Waals surface area (Å²) in [5, 5.41) is 15.1. The number of benzene rings is 3. The van der Waals surface area contributed by atoms with Crippen LogP contribution in [-0.2, 0) is 9.59 Å². The molecule has 0 aromatic heterocycles. The molecule has 2 amide bonds. The van der Waals surface area contributed by atoms with Gasteiger partial charge in [-0.05, 0) is 77.3 Å². The van der Waals surface area contributed by atoms with Crippen LogP contribution in [0.15, 0.2) is 76.8 Å². The number of nitriles is 1. The first-order valence-corrected chi connectivity index (χ1v) is 11.6. The lowest BCUT2D eigenvalue weighted by Crippen LogP contribution is -2.20. The molecule has 0 spiro atoms. The van der Waals surface area contributed by atoms with Crippen LogP contribution in [0.5, 0.6) is 11.5 Å². The van der Waals surface area contributed by atoms with Crippen LogP contribution in [-0.4, -0.2) is 25.0 Å². The van der Waals surface area contributed by atoms with Crippen molar-refractivity contribution in [3.8, 4) is 17.6 Å². The van der Waals surface area contributed by atoms with Gasteiger partial charge in [-0.3, -0.25) is 9.59 Å². The van der Waals surface area contributed by atoms with Crippen LogP contribution in [0.25, 0.3) is 6.08 Å². The molecular weight excluding hydrogens is 510 g/mol. The predicted octanol–water partition coefficient (Wildman–Crippen LogP) is 5.72. The third kappa shape index (κ3) is 7.19.